The van der Waals surface area contributed by atoms with Gasteiger partial charge in [0.1, 0.15) is 18.5 Å². The number of benzene rings is 1. The van der Waals surface area contributed by atoms with E-state index in [4.69, 9.17) is 4.74 Å². The number of carbonyl (C=O) groups excluding carboxylic acids is 2. The summed E-state index contributed by atoms with van der Waals surface area (Å²) in [6.07, 6.45) is -4.74. The van der Waals surface area contributed by atoms with E-state index in [-0.39, 0.29) is 19.5 Å². The minimum Gasteiger partial charge on any atom is -0.480 e. The topological polar surface area (TPSA) is 170 Å². The molecule has 39 heavy (non-hydrogen) atoms. The van der Waals surface area contributed by atoms with Crippen LogP contribution in [-0.4, -0.2) is 88.4 Å². The molecule has 0 saturated carbocycles. The number of halogens is 3. The number of carboxylic acid groups (broad SMARTS) is 2. The van der Waals surface area contributed by atoms with Crippen LogP contribution in [0.4, 0.5) is 23.8 Å². The van der Waals surface area contributed by atoms with E-state index in [9.17, 15) is 42.6 Å². The van der Waals surface area contributed by atoms with Crippen LogP contribution in [-0.2, 0) is 20.5 Å². The molecule has 3 unspecified atom stereocenters. The molecule has 1 aromatic heterocycles. The third kappa shape index (κ3) is 8.29. The van der Waals surface area contributed by atoms with E-state index in [0.29, 0.717) is 11.9 Å². The van der Waals surface area contributed by atoms with E-state index in [0.717, 1.165) is 12.1 Å². The Kier molecular flexibility index (Phi) is 9.65. The lowest BCUT2D eigenvalue weighted by molar-refractivity contribution is -0.139. The molecule has 3 atom stereocenters. The Morgan fingerprint density at radius 1 is 1.10 bits per heavy atom. The standard InChI is InChI=1S/C24H26F3N5O7/c25-24(26,27)17-6-2-1-5-16(17)21(34)31-18(22(35)36)11-30-20(33)13-39-15-9-14(32(12-15)23(37)38)10-29-19-7-3-4-8-28-19/h1-8,14-15,18H,9-13H2,(H,28,29)(H,30,33)(H,31,34)(H,35,36)(H,37,38). The monoisotopic (exact) mass is 553 g/mol. The highest BCUT2D eigenvalue weighted by molar-refractivity contribution is 5.98. The predicted molar refractivity (Wildman–Crippen MR) is 129 cm³/mol. The highest BCUT2D eigenvalue weighted by atomic mass is 19.4. The molecule has 0 aliphatic carbocycles. The van der Waals surface area contributed by atoms with Gasteiger partial charge in [0.2, 0.25) is 5.91 Å². The molecular weight excluding hydrogens is 527 g/mol. The second-order valence-corrected chi connectivity index (χ2v) is 8.57. The molecule has 1 aliphatic rings. The minimum atomic E-state index is -4.83. The Bertz CT molecular complexity index is 1180. The molecule has 3 amide bonds. The number of aliphatic carboxylic acids is 1. The van der Waals surface area contributed by atoms with E-state index in [2.05, 4.69) is 15.6 Å². The second-order valence-electron chi connectivity index (χ2n) is 8.57. The van der Waals surface area contributed by atoms with E-state index in [1.165, 1.54) is 11.0 Å². The molecule has 1 aliphatic heterocycles. The number of pyridine rings is 1. The van der Waals surface area contributed by atoms with Gasteiger partial charge in [-0.3, -0.25) is 9.59 Å². The van der Waals surface area contributed by atoms with Crippen molar-refractivity contribution in [1.82, 2.24) is 20.5 Å². The number of ether oxygens (including phenoxy) is 1. The van der Waals surface area contributed by atoms with Gasteiger partial charge in [-0.15, -0.1) is 0 Å². The summed E-state index contributed by atoms with van der Waals surface area (Å²) in [5, 5.41) is 26.1. The Labute approximate surface area is 220 Å². The molecule has 15 heteroatoms. The van der Waals surface area contributed by atoms with Gasteiger partial charge in [0, 0.05) is 19.3 Å². The first-order valence-electron chi connectivity index (χ1n) is 11.7. The van der Waals surface area contributed by atoms with Gasteiger partial charge in [-0.05, 0) is 30.7 Å². The van der Waals surface area contributed by atoms with Crippen LogP contribution in [0.3, 0.4) is 0 Å². The number of rotatable bonds is 11. The van der Waals surface area contributed by atoms with Crippen molar-refractivity contribution in [2.75, 3.05) is 31.6 Å². The van der Waals surface area contributed by atoms with Crippen LogP contribution in [0.2, 0.25) is 0 Å². The second kappa shape index (κ2) is 12.9. The molecular formula is C24H26F3N5O7. The Morgan fingerprint density at radius 2 is 1.82 bits per heavy atom. The number of hydrogen-bond donors (Lipinski definition) is 5. The van der Waals surface area contributed by atoms with Gasteiger partial charge in [0.05, 0.1) is 29.8 Å². The quantitative estimate of drug-likeness (QED) is 0.278. The highest BCUT2D eigenvalue weighted by Gasteiger charge is 2.37. The summed E-state index contributed by atoms with van der Waals surface area (Å²) >= 11 is 0. The van der Waals surface area contributed by atoms with Crippen molar-refractivity contribution in [1.29, 1.82) is 0 Å². The third-order valence-electron chi connectivity index (χ3n) is 5.84. The van der Waals surface area contributed by atoms with Crippen molar-refractivity contribution in [3.8, 4) is 0 Å². The average molecular weight is 553 g/mol. The first-order chi connectivity index (χ1) is 18.5. The third-order valence-corrected chi connectivity index (χ3v) is 5.84. The van der Waals surface area contributed by atoms with Crippen molar-refractivity contribution in [3.63, 3.8) is 0 Å². The number of likely N-dealkylation sites (tertiary alicyclic amines) is 1. The van der Waals surface area contributed by atoms with Gasteiger partial charge in [0.15, 0.2) is 0 Å². The number of aromatic nitrogens is 1. The summed E-state index contributed by atoms with van der Waals surface area (Å²) in [6.45, 7) is -0.897. The van der Waals surface area contributed by atoms with Gasteiger partial charge in [-0.1, -0.05) is 18.2 Å². The molecule has 2 heterocycles. The normalized spacial score (nSPS) is 17.8. The van der Waals surface area contributed by atoms with Crippen molar-refractivity contribution >= 4 is 29.7 Å². The molecule has 0 spiro atoms. The minimum absolute atomic E-state index is 0.00357. The molecule has 1 aromatic carbocycles. The van der Waals surface area contributed by atoms with Gasteiger partial charge >= 0.3 is 18.2 Å². The fourth-order valence-corrected chi connectivity index (χ4v) is 3.94. The van der Waals surface area contributed by atoms with Crippen molar-refractivity contribution < 1.29 is 47.3 Å². The van der Waals surface area contributed by atoms with Crippen molar-refractivity contribution in [2.24, 2.45) is 0 Å². The maximum atomic E-state index is 13.2. The number of amides is 3. The fraction of sp³-hybridized carbons (Fsp3) is 0.375. The van der Waals surface area contributed by atoms with Crippen LogP contribution in [0.1, 0.15) is 22.3 Å². The number of alkyl halides is 3. The summed E-state index contributed by atoms with van der Waals surface area (Å²) in [7, 11) is 0. The number of hydrogen-bond acceptors (Lipinski definition) is 7. The lowest BCUT2D eigenvalue weighted by Crippen LogP contribution is -2.49. The summed E-state index contributed by atoms with van der Waals surface area (Å²) in [4.78, 5) is 53.0. The first kappa shape index (κ1) is 29.2. The van der Waals surface area contributed by atoms with Crippen LogP contribution in [0.15, 0.2) is 48.7 Å². The number of nitrogens with one attached hydrogen (secondary N) is 3. The summed E-state index contributed by atoms with van der Waals surface area (Å²) in [6, 6.07) is 6.94. The number of carboxylic acids is 1. The van der Waals surface area contributed by atoms with Crippen LogP contribution in [0.5, 0.6) is 0 Å². The van der Waals surface area contributed by atoms with Crippen LogP contribution < -0.4 is 16.0 Å². The van der Waals surface area contributed by atoms with E-state index < -0.39 is 72.5 Å². The van der Waals surface area contributed by atoms with Gasteiger partial charge in [0.25, 0.3) is 5.91 Å². The van der Waals surface area contributed by atoms with E-state index in [1.54, 1.807) is 24.4 Å². The Hall–Kier alpha value is -4.40. The summed E-state index contributed by atoms with van der Waals surface area (Å²) in [5.74, 6) is -3.05. The maximum absolute atomic E-state index is 13.2. The molecule has 2 aromatic rings. The van der Waals surface area contributed by atoms with Crippen molar-refractivity contribution in [2.45, 2.75) is 30.8 Å². The van der Waals surface area contributed by atoms with Gasteiger partial charge in [-0.2, -0.15) is 13.2 Å². The SMILES string of the molecule is O=C(COC1CC(CNc2ccccn2)N(C(=O)O)C1)NCC(NC(=O)c1ccccc1C(F)(F)F)C(=O)O. The lowest BCUT2D eigenvalue weighted by atomic mass is 10.1. The zero-order valence-electron chi connectivity index (χ0n) is 20.4. The fourth-order valence-electron chi connectivity index (χ4n) is 3.94. The zero-order chi connectivity index (χ0) is 28.6. The smallest absolute Gasteiger partial charge is 0.417 e. The largest absolute Gasteiger partial charge is 0.480 e. The summed E-state index contributed by atoms with van der Waals surface area (Å²) < 4.78 is 45.0. The lowest BCUT2D eigenvalue weighted by Gasteiger charge is -2.21. The van der Waals surface area contributed by atoms with Gasteiger partial charge < -0.3 is 35.8 Å². The molecule has 1 fully saturated rings. The molecule has 0 radical (unpaired) electrons. The van der Waals surface area contributed by atoms with Crippen LogP contribution in [0, 0.1) is 0 Å². The molecule has 210 valence electrons. The Morgan fingerprint density at radius 3 is 2.46 bits per heavy atom. The summed E-state index contributed by atoms with van der Waals surface area (Å²) in [5.41, 5.74) is -1.99. The number of nitrogens with zero attached hydrogens (tertiary/aromatic N) is 2. The molecule has 5 N–H and O–H groups in total. The first-order valence-corrected chi connectivity index (χ1v) is 11.7. The van der Waals surface area contributed by atoms with Crippen LogP contribution in [0.25, 0.3) is 0 Å². The number of anilines is 1. The maximum Gasteiger partial charge on any atom is 0.417 e. The molecule has 1 saturated heterocycles. The van der Waals surface area contributed by atoms with E-state index in [1.807, 2.05) is 5.32 Å². The van der Waals surface area contributed by atoms with Gasteiger partial charge in [-0.25, -0.2) is 14.6 Å². The predicted octanol–water partition coefficient (Wildman–Crippen LogP) is 1.65. The molecule has 3 rings (SSSR count). The van der Waals surface area contributed by atoms with E-state index >= 15 is 0 Å². The average Bonchev–Trinajstić information content (AvgIpc) is 3.32. The zero-order valence-corrected chi connectivity index (χ0v) is 20.4. The molecule has 12 nitrogen and oxygen atoms in total. The van der Waals surface area contributed by atoms with Crippen molar-refractivity contribution in [3.05, 3.63) is 59.8 Å². The van der Waals surface area contributed by atoms with Crippen LogP contribution >= 0.6 is 0 Å². The molecule has 0 bridgehead atoms. The highest BCUT2D eigenvalue weighted by Crippen LogP contribution is 2.31. The Balaban J connectivity index is 1.49. The number of carbonyl (C=O) groups is 4.